The third-order valence-corrected chi connectivity index (χ3v) is 4.30. The SMILES string of the molecule is Cc1c(-c2nc([C@@H]3CCOC3)no2)n(C)c2ccccc12. The largest absolute Gasteiger partial charge is 0.381 e. The Hall–Kier alpha value is -2.14. The number of aromatic nitrogens is 3. The molecule has 0 N–H and O–H groups in total. The van der Waals surface area contributed by atoms with Gasteiger partial charge in [-0.3, -0.25) is 0 Å². The van der Waals surface area contributed by atoms with E-state index in [1.165, 1.54) is 16.5 Å². The van der Waals surface area contributed by atoms with E-state index in [4.69, 9.17) is 9.26 Å². The minimum absolute atomic E-state index is 0.262. The molecule has 0 bridgehead atoms. The lowest BCUT2D eigenvalue weighted by molar-refractivity contribution is 0.192. The lowest BCUT2D eigenvalue weighted by Crippen LogP contribution is -2.00. The third-order valence-electron chi connectivity index (χ3n) is 4.30. The summed E-state index contributed by atoms with van der Waals surface area (Å²) in [7, 11) is 2.03. The van der Waals surface area contributed by atoms with Crippen LogP contribution in [-0.4, -0.2) is 27.9 Å². The van der Waals surface area contributed by atoms with Crippen molar-refractivity contribution in [3.05, 3.63) is 35.7 Å². The number of rotatable bonds is 2. The van der Waals surface area contributed by atoms with E-state index in [0.717, 1.165) is 24.5 Å². The van der Waals surface area contributed by atoms with Crippen LogP contribution in [0.4, 0.5) is 0 Å². The average molecular weight is 283 g/mol. The molecule has 1 aliphatic rings. The Morgan fingerprint density at radius 2 is 2.14 bits per heavy atom. The van der Waals surface area contributed by atoms with E-state index in [0.29, 0.717) is 12.5 Å². The van der Waals surface area contributed by atoms with Crippen LogP contribution in [0.15, 0.2) is 28.8 Å². The smallest absolute Gasteiger partial charge is 0.274 e. The molecule has 3 aromatic rings. The first-order chi connectivity index (χ1) is 10.3. The molecule has 5 heteroatoms. The van der Waals surface area contributed by atoms with Gasteiger partial charge in [0.15, 0.2) is 5.82 Å². The molecule has 5 nitrogen and oxygen atoms in total. The van der Waals surface area contributed by atoms with Gasteiger partial charge in [0.25, 0.3) is 5.89 Å². The average Bonchev–Trinajstić information content (AvgIpc) is 3.21. The number of nitrogens with zero attached hydrogens (tertiary/aromatic N) is 3. The molecular formula is C16H17N3O2. The molecule has 1 atom stereocenters. The lowest BCUT2D eigenvalue weighted by atomic mass is 10.1. The van der Waals surface area contributed by atoms with Gasteiger partial charge < -0.3 is 13.8 Å². The fourth-order valence-electron chi connectivity index (χ4n) is 3.12. The Labute approximate surface area is 122 Å². The summed E-state index contributed by atoms with van der Waals surface area (Å²) < 4.78 is 13.0. The highest BCUT2D eigenvalue weighted by molar-refractivity contribution is 5.90. The van der Waals surface area contributed by atoms with Crippen molar-refractivity contribution < 1.29 is 9.26 Å². The molecule has 0 saturated carbocycles. The molecule has 0 unspecified atom stereocenters. The van der Waals surface area contributed by atoms with Crippen molar-refractivity contribution in [3.8, 4) is 11.6 Å². The van der Waals surface area contributed by atoms with E-state index >= 15 is 0 Å². The Morgan fingerprint density at radius 1 is 1.29 bits per heavy atom. The molecule has 0 aliphatic carbocycles. The molecule has 0 radical (unpaired) electrons. The summed E-state index contributed by atoms with van der Waals surface area (Å²) in [6.07, 6.45) is 0.965. The van der Waals surface area contributed by atoms with Crippen molar-refractivity contribution in [2.24, 2.45) is 7.05 Å². The van der Waals surface area contributed by atoms with Gasteiger partial charge in [-0.15, -0.1) is 0 Å². The number of aryl methyl sites for hydroxylation is 2. The number of para-hydroxylation sites is 1. The molecule has 1 fully saturated rings. The van der Waals surface area contributed by atoms with Gasteiger partial charge >= 0.3 is 0 Å². The summed E-state index contributed by atoms with van der Waals surface area (Å²) in [6.45, 7) is 3.56. The van der Waals surface area contributed by atoms with Gasteiger partial charge in [-0.2, -0.15) is 4.98 Å². The topological polar surface area (TPSA) is 53.1 Å². The molecular weight excluding hydrogens is 266 g/mol. The van der Waals surface area contributed by atoms with Crippen LogP contribution in [0.3, 0.4) is 0 Å². The predicted molar refractivity (Wildman–Crippen MR) is 79.1 cm³/mol. The molecule has 21 heavy (non-hydrogen) atoms. The maximum Gasteiger partial charge on any atom is 0.274 e. The van der Waals surface area contributed by atoms with Crippen molar-refractivity contribution in [1.82, 2.24) is 14.7 Å². The van der Waals surface area contributed by atoms with Crippen LogP contribution < -0.4 is 0 Å². The molecule has 3 heterocycles. The Bertz CT molecular complexity index is 758. The first kappa shape index (κ1) is 12.6. The van der Waals surface area contributed by atoms with Crippen molar-refractivity contribution in [1.29, 1.82) is 0 Å². The fraction of sp³-hybridized carbons (Fsp3) is 0.375. The Morgan fingerprint density at radius 3 is 2.90 bits per heavy atom. The third kappa shape index (κ3) is 1.88. The predicted octanol–water partition coefficient (Wildman–Crippen LogP) is 3.04. The maximum atomic E-state index is 5.52. The van der Waals surface area contributed by atoms with Crippen LogP contribution in [0.2, 0.25) is 0 Å². The summed E-state index contributed by atoms with van der Waals surface area (Å²) in [5, 5.41) is 5.37. The lowest BCUT2D eigenvalue weighted by Gasteiger charge is -2.00. The monoisotopic (exact) mass is 283 g/mol. The fourth-order valence-corrected chi connectivity index (χ4v) is 3.12. The van der Waals surface area contributed by atoms with Gasteiger partial charge in [-0.25, -0.2) is 0 Å². The van der Waals surface area contributed by atoms with Crippen LogP contribution in [0.5, 0.6) is 0 Å². The summed E-state index contributed by atoms with van der Waals surface area (Å²) in [5.74, 6) is 1.61. The highest BCUT2D eigenvalue weighted by Crippen LogP contribution is 2.32. The van der Waals surface area contributed by atoms with Gasteiger partial charge in [0.05, 0.1) is 6.61 Å². The number of benzene rings is 1. The highest BCUT2D eigenvalue weighted by Gasteiger charge is 2.25. The molecule has 0 spiro atoms. The Kier molecular flexibility index (Phi) is 2.82. The van der Waals surface area contributed by atoms with Crippen LogP contribution in [0, 0.1) is 6.92 Å². The van der Waals surface area contributed by atoms with Crippen molar-refractivity contribution in [2.75, 3.05) is 13.2 Å². The quantitative estimate of drug-likeness (QED) is 0.725. The van der Waals surface area contributed by atoms with Gasteiger partial charge in [0, 0.05) is 30.5 Å². The maximum absolute atomic E-state index is 5.52. The molecule has 1 aromatic carbocycles. The van der Waals surface area contributed by atoms with Crippen molar-refractivity contribution in [2.45, 2.75) is 19.3 Å². The molecule has 1 saturated heterocycles. The number of hydrogen-bond acceptors (Lipinski definition) is 4. The number of hydrogen-bond donors (Lipinski definition) is 0. The minimum atomic E-state index is 0.262. The zero-order valence-corrected chi connectivity index (χ0v) is 12.2. The zero-order chi connectivity index (χ0) is 14.4. The number of ether oxygens (including phenoxy) is 1. The van der Waals surface area contributed by atoms with Crippen LogP contribution in [-0.2, 0) is 11.8 Å². The second kappa shape index (κ2) is 4.70. The van der Waals surface area contributed by atoms with E-state index in [1.54, 1.807) is 0 Å². The molecule has 4 rings (SSSR count). The van der Waals surface area contributed by atoms with E-state index in [1.807, 2.05) is 19.2 Å². The normalized spacial score (nSPS) is 18.7. The number of fused-ring (bicyclic) bond motifs is 1. The molecule has 108 valence electrons. The molecule has 0 amide bonds. The second-order valence-electron chi connectivity index (χ2n) is 5.57. The molecule has 1 aliphatic heterocycles. The summed E-state index contributed by atoms with van der Waals surface area (Å²) >= 11 is 0. The van der Waals surface area contributed by atoms with E-state index in [-0.39, 0.29) is 5.92 Å². The first-order valence-corrected chi connectivity index (χ1v) is 7.21. The van der Waals surface area contributed by atoms with Crippen LogP contribution >= 0.6 is 0 Å². The van der Waals surface area contributed by atoms with Crippen LogP contribution in [0.1, 0.15) is 23.7 Å². The van der Waals surface area contributed by atoms with Gasteiger partial charge in [-0.1, -0.05) is 23.4 Å². The summed E-state index contributed by atoms with van der Waals surface area (Å²) in [4.78, 5) is 4.60. The van der Waals surface area contributed by atoms with Gasteiger partial charge in [-0.05, 0) is 25.0 Å². The standard InChI is InChI=1S/C16H17N3O2/c1-10-12-5-3-4-6-13(12)19(2)14(10)16-17-15(18-21-16)11-7-8-20-9-11/h3-6,11H,7-9H2,1-2H3/t11-/m1/s1. The first-order valence-electron chi connectivity index (χ1n) is 7.21. The van der Waals surface area contributed by atoms with E-state index in [2.05, 4.69) is 33.8 Å². The second-order valence-corrected chi connectivity index (χ2v) is 5.57. The van der Waals surface area contributed by atoms with E-state index < -0.39 is 0 Å². The van der Waals surface area contributed by atoms with Gasteiger partial charge in [0.1, 0.15) is 5.69 Å². The van der Waals surface area contributed by atoms with Crippen molar-refractivity contribution in [3.63, 3.8) is 0 Å². The van der Waals surface area contributed by atoms with Crippen molar-refractivity contribution >= 4 is 10.9 Å². The van der Waals surface area contributed by atoms with E-state index in [9.17, 15) is 0 Å². The molecule has 2 aromatic heterocycles. The summed E-state index contributed by atoms with van der Waals surface area (Å²) in [5.41, 5.74) is 3.34. The van der Waals surface area contributed by atoms with Crippen LogP contribution in [0.25, 0.3) is 22.5 Å². The summed E-state index contributed by atoms with van der Waals surface area (Å²) in [6, 6.07) is 8.32. The van der Waals surface area contributed by atoms with Gasteiger partial charge in [0.2, 0.25) is 0 Å². The highest BCUT2D eigenvalue weighted by atomic mass is 16.5. The minimum Gasteiger partial charge on any atom is -0.381 e. The Balaban J connectivity index is 1.83. The zero-order valence-electron chi connectivity index (χ0n) is 12.2.